The summed E-state index contributed by atoms with van der Waals surface area (Å²) in [5, 5.41) is 33.0. The lowest BCUT2D eigenvalue weighted by Gasteiger charge is -2.37. The summed E-state index contributed by atoms with van der Waals surface area (Å²) in [5.41, 5.74) is 7.93. The molecule has 63 heavy (non-hydrogen) atoms. The largest absolute Gasteiger partial charge is 0.481 e. The molecule has 0 saturated carbocycles. The van der Waals surface area contributed by atoms with Gasteiger partial charge in [-0.15, -0.1) is 11.8 Å². The van der Waals surface area contributed by atoms with E-state index in [9.17, 15) is 29.4 Å². The zero-order valence-corrected chi connectivity index (χ0v) is 36.7. The molecule has 5 aromatic carbocycles. The van der Waals surface area contributed by atoms with Crippen LogP contribution in [0.4, 0.5) is 4.79 Å². The maximum atomic E-state index is 14.6. The van der Waals surface area contributed by atoms with Crippen LogP contribution in [0, 0.1) is 5.92 Å². The number of aliphatic hydroxyl groups is 1. The third-order valence-corrected chi connectivity index (χ3v) is 13.8. The summed E-state index contributed by atoms with van der Waals surface area (Å²) in [6, 6.07) is 44.4. The highest BCUT2D eigenvalue weighted by atomic mass is 32.2. The predicted molar refractivity (Wildman–Crippen MR) is 249 cm³/mol. The number of carbonyl (C=O) groups excluding carboxylic acids is 3. The molecule has 1 aliphatic rings. The Labute approximate surface area is 376 Å². The van der Waals surface area contributed by atoms with Crippen molar-refractivity contribution in [3.63, 3.8) is 0 Å². The Kier molecular flexibility index (Phi) is 14.8. The van der Waals surface area contributed by atoms with Crippen molar-refractivity contribution in [2.75, 3.05) is 12.4 Å². The lowest BCUT2D eigenvalue weighted by molar-refractivity contribution is -0.140. The van der Waals surface area contributed by atoms with Gasteiger partial charge in [0.15, 0.2) is 0 Å². The number of benzene rings is 5. The third-order valence-electron chi connectivity index (χ3n) is 11.4. The van der Waals surface area contributed by atoms with Crippen LogP contribution in [0.1, 0.15) is 59.6 Å². The fourth-order valence-corrected chi connectivity index (χ4v) is 10.6. The molecule has 0 unspecified atom stereocenters. The molecular formula is C51H51N3O7S2. The smallest absolute Gasteiger partial charge is 0.407 e. The van der Waals surface area contributed by atoms with Gasteiger partial charge in [0, 0.05) is 18.1 Å². The van der Waals surface area contributed by atoms with Gasteiger partial charge in [0.05, 0.1) is 23.3 Å². The fourth-order valence-electron chi connectivity index (χ4n) is 8.35. The Hall–Kier alpha value is -6.21. The van der Waals surface area contributed by atoms with Gasteiger partial charge in [0.1, 0.15) is 18.7 Å². The fraction of sp³-hybridized carbons (Fsp3) is 0.255. The number of aliphatic hydroxyl groups excluding tert-OH is 1. The van der Waals surface area contributed by atoms with Crippen LogP contribution in [0.15, 0.2) is 156 Å². The third kappa shape index (κ3) is 10.5. The Morgan fingerprint density at radius 3 is 1.68 bits per heavy atom. The number of hydrogen-bond acceptors (Lipinski definition) is 8. The number of nitrogens with one attached hydrogen (secondary N) is 3. The molecule has 324 valence electrons. The highest BCUT2D eigenvalue weighted by Crippen LogP contribution is 2.49. The van der Waals surface area contributed by atoms with E-state index in [1.54, 1.807) is 13.8 Å². The number of thioether (sulfide) groups is 1. The first-order valence-corrected chi connectivity index (χ1v) is 22.9. The van der Waals surface area contributed by atoms with Crippen molar-refractivity contribution in [3.8, 4) is 11.1 Å². The van der Waals surface area contributed by atoms with Crippen LogP contribution in [-0.4, -0.2) is 70.7 Å². The van der Waals surface area contributed by atoms with Crippen molar-refractivity contribution in [1.29, 1.82) is 0 Å². The molecule has 1 aliphatic carbocycles. The molecule has 0 saturated heterocycles. The van der Waals surface area contributed by atoms with Crippen LogP contribution in [-0.2, 0) is 30.3 Å². The topological polar surface area (TPSA) is 154 Å². The number of ether oxygens (including phenoxy) is 1. The van der Waals surface area contributed by atoms with E-state index in [1.807, 2.05) is 144 Å². The highest BCUT2D eigenvalue weighted by Gasteiger charge is 2.40. The molecule has 0 spiro atoms. The number of amides is 3. The Bertz CT molecular complexity index is 2330. The van der Waals surface area contributed by atoms with E-state index in [0.29, 0.717) is 0 Å². The molecule has 3 amide bonds. The first-order valence-electron chi connectivity index (χ1n) is 21.0. The Balaban J connectivity index is 1.19. The van der Waals surface area contributed by atoms with E-state index < -0.39 is 59.3 Å². The van der Waals surface area contributed by atoms with E-state index in [-0.39, 0.29) is 30.6 Å². The first kappa shape index (κ1) is 44.8. The molecule has 10 nitrogen and oxygen atoms in total. The second kappa shape index (κ2) is 20.8. The van der Waals surface area contributed by atoms with Crippen molar-refractivity contribution in [3.05, 3.63) is 190 Å². The average molecular weight is 882 g/mol. The molecule has 1 heterocycles. The zero-order valence-electron chi connectivity index (χ0n) is 35.1. The monoisotopic (exact) mass is 881 g/mol. The molecule has 5 N–H and O–H groups in total. The number of aliphatic carboxylic acids is 1. The highest BCUT2D eigenvalue weighted by molar-refractivity contribution is 8.00. The number of carboxylic acid groups (broad SMARTS) is 1. The number of hydrogen-bond donors (Lipinski definition) is 5. The number of fused-ring (bicyclic) bond motifs is 3. The number of carboxylic acids is 1. The molecule has 0 bridgehead atoms. The summed E-state index contributed by atoms with van der Waals surface area (Å²) in [6.45, 7) is 3.60. The molecule has 4 atom stereocenters. The van der Waals surface area contributed by atoms with Crippen LogP contribution in [0.5, 0.6) is 0 Å². The van der Waals surface area contributed by atoms with E-state index in [2.05, 4.69) is 28.1 Å². The summed E-state index contributed by atoms with van der Waals surface area (Å²) in [6.07, 6.45) is -2.64. The van der Waals surface area contributed by atoms with Gasteiger partial charge in [-0.05, 0) is 67.3 Å². The Morgan fingerprint density at radius 1 is 0.683 bits per heavy atom. The summed E-state index contributed by atoms with van der Waals surface area (Å²) in [4.78, 5) is 54.7. The minimum absolute atomic E-state index is 0.0339. The van der Waals surface area contributed by atoms with Gasteiger partial charge >= 0.3 is 12.1 Å². The van der Waals surface area contributed by atoms with Crippen LogP contribution < -0.4 is 16.0 Å². The van der Waals surface area contributed by atoms with Crippen molar-refractivity contribution >= 4 is 47.0 Å². The van der Waals surface area contributed by atoms with Gasteiger partial charge in [0.2, 0.25) is 11.8 Å². The quantitative estimate of drug-likeness (QED) is 0.0509. The number of alkyl carbamates (subject to hydrolysis) is 1. The molecule has 0 fully saturated rings. The molecule has 7 rings (SSSR count). The van der Waals surface area contributed by atoms with E-state index >= 15 is 0 Å². The zero-order chi connectivity index (χ0) is 44.3. The SMILES string of the molecule is CC(C)[C@@H](NC(=O)[C@@H](CSC(c1ccccc1)(c1ccccc1)c1ccccc1)NC(=O)[C@@H](Cc1ccsc1)NC(=O)OCC1c2ccccc2-c2ccccc21)[C@@H](O)CC(=O)O. The lowest BCUT2D eigenvalue weighted by Crippen LogP contribution is -2.58. The molecule has 0 radical (unpaired) electrons. The van der Waals surface area contributed by atoms with Crippen molar-refractivity contribution in [1.82, 2.24) is 16.0 Å². The summed E-state index contributed by atoms with van der Waals surface area (Å²) < 4.78 is 5.02. The summed E-state index contributed by atoms with van der Waals surface area (Å²) in [7, 11) is 0. The van der Waals surface area contributed by atoms with E-state index in [0.717, 1.165) is 44.5 Å². The number of rotatable bonds is 19. The second-order valence-corrected chi connectivity index (χ2v) is 18.0. The molecule has 6 aromatic rings. The molecular weight excluding hydrogens is 831 g/mol. The molecule has 12 heteroatoms. The van der Waals surface area contributed by atoms with Gasteiger partial charge in [0.25, 0.3) is 0 Å². The molecule has 1 aromatic heterocycles. The second-order valence-electron chi connectivity index (χ2n) is 16.0. The van der Waals surface area contributed by atoms with Gasteiger partial charge in [-0.1, -0.05) is 153 Å². The summed E-state index contributed by atoms with van der Waals surface area (Å²) >= 11 is 2.92. The lowest BCUT2D eigenvalue weighted by atomic mass is 9.84. The minimum Gasteiger partial charge on any atom is -0.481 e. The maximum Gasteiger partial charge on any atom is 0.407 e. The van der Waals surface area contributed by atoms with Crippen LogP contribution >= 0.6 is 23.1 Å². The average Bonchev–Trinajstić information content (AvgIpc) is 3.93. The van der Waals surface area contributed by atoms with Gasteiger partial charge in [-0.3, -0.25) is 14.4 Å². The van der Waals surface area contributed by atoms with Crippen LogP contribution in [0.25, 0.3) is 11.1 Å². The first-order chi connectivity index (χ1) is 30.5. The van der Waals surface area contributed by atoms with Crippen molar-refractivity contribution < 1.29 is 34.1 Å². The van der Waals surface area contributed by atoms with Gasteiger partial charge < -0.3 is 30.9 Å². The minimum atomic E-state index is -1.39. The van der Waals surface area contributed by atoms with Gasteiger partial charge in [-0.2, -0.15) is 11.3 Å². The number of carbonyl (C=O) groups is 4. The van der Waals surface area contributed by atoms with E-state index in [1.165, 1.54) is 23.1 Å². The van der Waals surface area contributed by atoms with Crippen LogP contribution in [0.2, 0.25) is 0 Å². The Morgan fingerprint density at radius 2 is 1.19 bits per heavy atom. The maximum absolute atomic E-state index is 14.6. The van der Waals surface area contributed by atoms with Crippen molar-refractivity contribution in [2.45, 2.75) is 61.6 Å². The van der Waals surface area contributed by atoms with E-state index in [4.69, 9.17) is 4.74 Å². The standard InChI is InChI=1S/C51H51N3O7S2/c1-33(2)47(45(55)29-46(56)57)54-49(59)44(32-63-51(35-16-6-3-7-17-35,36-18-8-4-9-19-36)37-20-10-5-11-21-37)52-48(58)43(28-34-26-27-62-31-34)53-50(60)61-30-42-40-24-14-12-22-38(40)39-23-13-15-25-41(39)42/h3-27,31,33,42-45,47,55H,28-30,32H2,1-2H3,(H,52,58)(H,53,60)(H,54,59)(H,56,57)/t43-,44-,45+,47-/m1/s1. The predicted octanol–water partition coefficient (Wildman–Crippen LogP) is 8.38. The van der Waals surface area contributed by atoms with Crippen LogP contribution in [0.3, 0.4) is 0 Å². The summed E-state index contributed by atoms with van der Waals surface area (Å²) in [5.74, 6) is -2.96. The number of thiophene rings is 1. The van der Waals surface area contributed by atoms with Gasteiger partial charge in [-0.25, -0.2) is 4.79 Å². The molecule has 0 aliphatic heterocycles. The van der Waals surface area contributed by atoms with Crippen molar-refractivity contribution in [2.24, 2.45) is 5.92 Å². The normalized spacial score (nSPS) is 14.1.